The molecular weight excluding hydrogens is 380 g/mol. The molecule has 0 spiro atoms. The molecule has 5 nitrogen and oxygen atoms in total. The van der Waals surface area contributed by atoms with Gasteiger partial charge in [0.2, 0.25) is 0 Å². The van der Waals surface area contributed by atoms with E-state index in [1.807, 2.05) is 48.7 Å². The van der Waals surface area contributed by atoms with Crippen LogP contribution in [0.3, 0.4) is 0 Å². The summed E-state index contributed by atoms with van der Waals surface area (Å²) in [4.78, 5) is 17.0. The summed E-state index contributed by atoms with van der Waals surface area (Å²) in [6.45, 7) is 5.68. The van der Waals surface area contributed by atoms with E-state index >= 15 is 0 Å². The average Bonchev–Trinajstić information content (AvgIpc) is 3.11. The molecule has 1 aromatic heterocycles. The molecule has 0 atom stereocenters. The highest BCUT2D eigenvalue weighted by Gasteiger charge is 2.19. The van der Waals surface area contributed by atoms with Crippen LogP contribution in [0.2, 0.25) is 0 Å². The number of carbonyl (C=O) groups excluding carboxylic acids is 1. The van der Waals surface area contributed by atoms with Gasteiger partial charge in [0.15, 0.2) is 10.9 Å². The molecule has 29 heavy (non-hydrogen) atoms. The second-order valence-corrected chi connectivity index (χ2v) is 7.69. The van der Waals surface area contributed by atoms with E-state index in [1.165, 1.54) is 11.8 Å². The number of allylic oxidation sites excluding steroid dienone is 2. The van der Waals surface area contributed by atoms with Crippen molar-refractivity contribution in [1.29, 1.82) is 5.26 Å². The van der Waals surface area contributed by atoms with Crippen LogP contribution < -0.4 is 5.73 Å². The van der Waals surface area contributed by atoms with Gasteiger partial charge in [0.05, 0.1) is 23.3 Å². The van der Waals surface area contributed by atoms with Crippen LogP contribution >= 0.6 is 11.8 Å². The molecule has 0 aliphatic heterocycles. The Morgan fingerprint density at radius 3 is 2.38 bits per heavy atom. The third-order valence-electron chi connectivity index (χ3n) is 4.58. The second kappa shape index (κ2) is 8.80. The lowest BCUT2D eigenvalue weighted by Gasteiger charge is -2.17. The smallest absolute Gasteiger partial charge is 0.185 e. The summed E-state index contributed by atoms with van der Waals surface area (Å²) in [6, 6.07) is 18.1. The average molecular weight is 403 g/mol. The lowest BCUT2D eigenvalue weighted by atomic mass is 10.1. The van der Waals surface area contributed by atoms with E-state index in [1.54, 1.807) is 6.92 Å². The van der Waals surface area contributed by atoms with Crippen molar-refractivity contribution in [3.05, 3.63) is 77.1 Å². The van der Waals surface area contributed by atoms with Crippen LogP contribution in [0.4, 0.5) is 0 Å². The van der Waals surface area contributed by atoms with Crippen LogP contribution in [0.5, 0.6) is 0 Å². The standard InChI is InChI=1S/C23H22N4OS/c1-15-8-7-9-16(2)22(15)27-20(18-10-5-4-6-11-18)13-26-23(27)29-14-21(28)19(12-24)17(3)25/h4-11,13H,14,25H2,1-3H3/b19-17+. The molecule has 0 bridgehead atoms. The number of hydrogen-bond acceptors (Lipinski definition) is 5. The van der Waals surface area contributed by atoms with Crippen molar-refractivity contribution < 1.29 is 4.79 Å². The molecule has 2 N–H and O–H groups in total. The summed E-state index contributed by atoms with van der Waals surface area (Å²) in [5.41, 5.74) is 11.2. The maximum atomic E-state index is 12.4. The first kappa shape index (κ1) is 20.4. The fourth-order valence-electron chi connectivity index (χ4n) is 3.20. The third-order valence-corrected chi connectivity index (χ3v) is 5.53. The fraction of sp³-hybridized carbons (Fsp3) is 0.174. The van der Waals surface area contributed by atoms with Gasteiger partial charge in [-0.15, -0.1) is 0 Å². The molecule has 1 heterocycles. The quantitative estimate of drug-likeness (QED) is 0.371. The Hall–Kier alpha value is -3.30. The van der Waals surface area contributed by atoms with Gasteiger partial charge in [0.25, 0.3) is 0 Å². The number of imidazole rings is 1. The van der Waals surface area contributed by atoms with Crippen molar-refractivity contribution in [2.24, 2.45) is 5.73 Å². The SMILES string of the molecule is C/C(N)=C(/C#N)C(=O)CSc1ncc(-c2ccccc2)n1-c1c(C)cccc1C. The minimum Gasteiger partial charge on any atom is -0.401 e. The van der Waals surface area contributed by atoms with Crippen LogP contribution in [0.1, 0.15) is 18.1 Å². The summed E-state index contributed by atoms with van der Waals surface area (Å²) < 4.78 is 2.09. The second-order valence-electron chi connectivity index (χ2n) is 6.75. The molecule has 0 aliphatic carbocycles. The number of nitriles is 1. The molecule has 0 radical (unpaired) electrons. The van der Waals surface area contributed by atoms with Gasteiger partial charge in [-0.25, -0.2) is 4.98 Å². The number of hydrogen-bond donors (Lipinski definition) is 1. The monoisotopic (exact) mass is 402 g/mol. The van der Waals surface area contributed by atoms with Crippen LogP contribution in [-0.2, 0) is 4.79 Å². The molecule has 146 valence electrons. The van der Waals surface area contributed by atoms with Crippen molar-refractivity contribution in [3.8, 4) is 23.0 Å². The summed E-state index contributed by atoms with van der Waals surface area (Å²) in [7, 11) is 0. The number of nitrogens with two attached hydrogens (primary N) is 1. The molecule has 0 aliphatic rings. The summed E-state index contributed by atoms with van der Waals surface area (Å²) in [5.74, 6) is -0.206. The van der Waals surface area contributed by atoms with Crippen LogP contribution in [-0.4, -0.2) is 21.1 Å². The number of ketones is 1. The summed E-state index contributed by atoms with van der Waals surface area (Å²) in [5, 5.41) is 9.88. The number of aryl methyl sites for hydroxylation is 2. The van der Waals surface area contributed by atoms with E-state index in [-0.39, 0.29) is 22.8 Å². The molecular formula is C23H22N4OS. The molecule has 0 fully saturated rings. The molecule has 6 heteroatoms. The van der Waals surface area contributed by atoms with Crippen LogP contribution in [0.15, 0.2) is 71.2 Å². The van der Waals surface area contributed by atoms with E-state index < -0.39 is 0 Å². The number of carbonyl (C=O) groups is 1. The number of rotatable bonds is 6. The number of aromatic nitrogens is 2. The number of para-hydroxylation sites is 1. The van der Waals surface area contributed by atoms with Gasteiger partial charge in [-0.1, -0.05) is 60.3 Å². The van der Waals surface area contributed by atoms with Gasteiger partial charge in [0, 0.05) is 11.3 Å². The summed E-state index contributed by atoms with van der Waals surface area (Å²) in [6.07, 6.45) is 1.82. The van der Waals surface area contributed by atoms with Crippen molar-refractivity contribution in [2.45, 2.75) is 25.9 Å². The van der Waals surface area contributed by atoms with Gasteiger partial charge in [0.1, 0.15) is 11.6 Å². The minimum atomic E-state index is -0.296. The largest absolute Gasteiger partial charge is 0.401 e. The molecule has 0 unspecified atom stereocenters. The Bertz CT molecular complexity index is 1100. The lowest BCUT2D eigenvalue weighted by Crippen LogP contribution is -2.11. The Balaban J connectivity index is 2.08. The zero-order valence-corrected chi connectivity index (χ0v) is 17.5. The molecule has 3 rings (SSSR count). The van der Waals surface area contributed by atoms with Gasteiger partial charge in [-0.2, -0.15) is 5.26 Å². The number of benzene rings is 2. The van der Waals surface area contributed by atoms with Crippen molar-refractivity contribution >= 4 is 17.5 Å². The first-order valence-electron chi connectivity index (χ1n) is 9.16. The molecule has 0 saturated carbocycles. The normalized spacial score (nSPS) is 11.7. The Morgan fingerprint density at radius 1 is 1.14 bits per heavy atom. The minimum absolute atomic E-state index is 0.00552. The Morgan fingerprint density at radius 2 is 1.79 bits per heavy atom. The van der Waals surface area contributed by atoms with Crippen LogP contribution in [0.25, 0.3) is 16.9 Å². The number of nitrogens with zero attached hydrogens (tertiary/aromatic N) is 3. The van der Waals surface area contributed by atoms with Gasteiger partial charge in [-0.3, -0.25) is 9.36 Å². The zero-order valence-electron chi connectivity index (χ0n) is 16.6. The number of Topliss-reactive ketones (excluding diaryl/α,β-unsaturated/α-hetero) is 1. The van der Waals surface area contributed by atoms with Crippen molar-refractivity contribution in [1.82, 2.24) is 9.55 Å². The van der Waals surface area contributed by atoms with E-state index in [2.05, 4.69) is 35.5 Å². The third kappa shape index (κ3) is 4.25. The first-order valence-corrected chi connectivity index (χ1v) is 10.1. The highest BCUT2D eigenvalue weighted by Crippen LogP contribution is 2.33. The van der Waals surface area contributed by atoms with E-state index in [0.29, 0.717) is 5.16 Å². The highest BCUT2D eigenvalue weighted by molar-refractivity contribution is 7.99. The van der Waals surface area contributed by atoms with E-state index in [0.717, 1.165) is 28.1 Å². The maximum absolute atomic E-state index is 12.4. The topological polar surface area (TPSA) is 84.7 Å². The summed E-state index contributed by atoms with van der Waals surface area (Å²) >= 11 is 1.31. The predicted molar refractivity (Wildman–Crippen MR) is 117 cm³/mol. The fourth-order valence-corrected chi connectivity index (χ4v) is 4.05. The first-order chi connectivity index (χ1) is 13.9. The molecule has 0 amide bonds. The van der Waals surface area contributed by atoms with Crippen molar-refractivity contribution in [2.75, 3.05) is 5.75 Å². The Kier molecular flexibility index (Phi) is 6.20. The molecule has 0 saturated heterocycles. The number of thioether (sulfide) groups is 1. The van der Waals surface area contributed by atoms with Gasteiger partial charge in [-0.05, 0) is 31.9 Å². The van der Waals surface area contributed by atoms with Crippen molar-refractivity contribution in [3.63, 3.8) is 0 Å². The van der Waals surface area contributed by atoms with Gasteiger partial charge >= 0.3 is 0 Å². The predicted octanol–water partition coefficient (Wildman–Crippen LogP) is 4.57. The highest BCUT2D eigenvalue weighted by atomic mass is 32.2. The Labute approximate surface area is 174 Å². The molecule has 2 aromatic carbocycles. The van der Waals surface area contributed by atoms with E-state index in [9.17, 15) is 10.1 Å². The van der Waals surface area contributed by atoms with Gasteiger partial charge < -0.3 is 5.73 Å². The maximum Gasteiger partial charge on any atom is 0.185 e. The lowest BCUT2D eigenvalue weighted by molar-refractivity contribution is -0.112. The zero-order chi connectivity index (χ0) is 21.0. The molecule has 3 aromatic rings. The van der Waals surface area contributed by atoms with Crippen LogP contribution in [0, 0.1) is 25.2 Å². The van der Waals surface area contributed by atoms with E-state index in [4.69, 9.17) is 5.73 Å².